The zero-order valence-corrected chi connectivity index (χ0v) is 11.0. The Balaban J connectivity index is 2.22. The second-order valence-corrected chi connectivity index (χ2v) is 6.18. The topological polar surface area (TPSA) is 90.3 Å². The Morgan fingerprint density at radius 3 is 2.79 bits per heavy atom. The molecule has 2 rings (SSSR count). The predicted molar refractivity (Wildman–Crippen MR) is 68.4 cm³/mol. The molecule has 0 saturated carbocycles. The summed E-state index contributed by atoms with van der Waals surface area (Å²) in [6.45, 7) is 0.428. The van der Waals surface area contributed by atoms with Crippen molar-refractivity contribution in [3.8, 4) is 6.07 Å². The lowest BCUT2D eigenvalue weighted by Gasteiger charge is -2.26. The fraction of sp³-hybridized carbons (Fsp3) is 0.333. The minimum Gasteiger partial charge on any atom is -0.354 e. The number of nitriles is 1. The minimum absolute atomic E-state index is 0.156. The van der Waals surface area contributed by atoms with Gasteiger partial charge in [0, 0.05) is 13.1 Å². The molecule has 7 heteroatoms. The fourth-order valence-electron chi connectivity index (χ4n) is 1.90. The SMILES string of the molecule is N#Cc1ccccc1CS(=O)(=O)N1CCNC(=O)C1. The van der Waals surface area contributed by atoms with Gasteiger partial charge in [0.05, 0.1) is 23.9 Å². The number of benzene rings is 1. The molecule has 1 aliphatic heterocycles. The molecule has 100 valence electrons. The average molecular weight is 279 g/mol. The van der Waals surface area contributed by atoms with Gasteiger partial charge in [-0.15, -0.1) is 0 Å². The lowest BCUT2D eigenvalue weighted by Crippen LogP contribution is -2.50. The predicted octanol–water partition coefficient (Wildman–Crippen LogP) is -0.180. The van der Waals surface area contributed by atoms with Crippen LogP contribution in [-0.4, -0.2) is 38.3 Å². The van der Waals surface area contributed by atoms with Crippen LogP contribution in [0.1, 0.15) is 11.1 Å². The van der Waals surface area contributed by atoms with Gasteiger partial charge in [0.2, 0.25) is 15.9 Å². The summed E-state index contributed by atoms with van der Waals surface area (Å²) >= 11 is 0. The Morgan fingerprint density at radius 2 is 2.11 bits per heavy atom. The number of sulfonamides is 1. The molecular weight excluding hydrogens is 266 g/mol. The van der Waals surface area contributed by atoms with Crippen molar-refractivity contribution in [1.29, 1.82) is 5.26 Å². The molecule has 1 aliphatic rings. The molecular formula is C12H13N3O3S. The van der Waals surface area contributed by atoms with E-state index in [-0.39, 0.29) is 24.7 Å². The van der Waals surface area contributed by atoms with E-state index in [1.807, 2.05) is 6.07 Å². The Kier molecular flexibility index (Phi) is 3.83. The van der Waals surface area contributed by atoms with Gasteiger partial charge in [-0.2, -0.15) is 9.57 Å². The second kappa shape index (κ2) is 5.38. The Labute approximate surface area is 111 Å². The van der Waals surface area contributed by atoms with Crippen LogP contribution in [0, 0.1) is 11.3 Å². The molecule has 0 spiro atoms. The number of rotatable bonds is 3. The van der Waals surface area contributed by atoms with Gasteiger partial charge in [-0.3, -0.25) is 4.79 Å². The normalized spacial score (nSPS) is 16.7. The van der Waals surface area contributed by atoms with E-state index < -0.39 is 10.0 Å². The number of hydrogen-bond acceptors (Lipinski definition) is 4. The van der Waals surface area contributed by atoms with Gasteiger partial charge >= 0.3 is 0 Å². The summed E-state index contributed by atoms with van der Waals surface area (Å²) in [5, 5.41) is 11.5. The highest BCUT2D eigenvalue weighted by atomic mass is 32.2. The standard InChI is InChI=1S/C12H13N3O3S/c13-7-10-3-1-2-4-11(10)9-19(17,18)15-6-5-14-12(16)8-15/h1-4H,5-6,8-9H2,(H,14,16). The van der Waals surface area contributed by atoms with E-state index in [0.717, 1.165) is 4.31 Å². The molecule has 1 aromatic rings. The van der Waals surface area contributed by atoms with Gasteiger partial charge < -0.3 is 5.32 Å². The molecule has 19 heavy (non-hydrogen) atoms. The Morgan fingerprint density at radius 1 is 1.37 bits per heavy atom. The third-order valence-corrected chi connectivity index (χ3v) is 4.65. The zero-order valence-electron chi connectivity index (χ0n) is 10.2. The van der Waals surface area contributed by atoms with E-state index in [4.69, 9.17) is 5.26 Å². The molecule has 0 aliphatic carbocycles. The first kappa shape index (κ1) is 13.5. The van der Waals surface area contributed by atoms with Crippen molar-refractivity contribution >= 4 is 15.9 Å². The van der Waals surface area contributed by atoms with Crippen LogP contribution >= 0.6 is 0 Å². The maximum atomic E-state index is 12.2. The third kappa shape index (κ3) is 3.10. The number of carbonyl (C=O) groups is 1. The van der Waals surface area contributed by atoms with Crippen molar-refractivity contribution in [2.24, 2.45) is 0 Å². The maximum absolute atomic E-state index is 12.2. The maximum Gasteiger partial charge on any atom is 0.235 e. The monoisotopic (exact) mass is 279 g/mol. The number of nitrogens with zero attached hydrogens (tertiary/aromatic N) is 2. The van der Waals surface area contributed by atoms with E-state index in [1.165, 1.54) is 0 Å². The van der Waals surface area contributed by atoms with E-state index in [2.05, 4.69) is 5.32 Å². The van der Waals surface area contributed by atoms with Crippen molar-refractivity contribution in [3.63, 3.8) is 0 Å². The van der Waals surface area contributed by atoms with Gasteiger partial charge in [-0.05, 0) is 11.6 Å². The lowest BCUT2D eigenvalue weighted by molar-refractivity contribution is -0.122. The Bertz CT molecular complexity index is 634. The number of piperazine rings is 1. The van der Waals surface area contributed by atoms with Gasteiger partial charge in [-0.1, -0.05) is 18.2 Å². The van der Waals surface area contributed by atoms with Crippen molar-refractivity contribution in [1.82, 2.24) is 9.62 Å². The van der Waals surface area contributed by atoms with Crippen LogP contribution in [0.25, 0.3) is 0 Å². The molecule has 0 radical (unpaired) electrons. The van der Waals surface area contributed by atoms with Gasteiger partial charge in [0.15, 0.2) is 0 Å². The highest BCUT2D eigenvalue weighted by molar-refractivity contribution is 7.88. The molecule has 0 bridgehead atoms. The molecule has 1 fully saturated rings. The minimum atomic E-state index is -3.58. The van der Waals surface area contributed by atoms with Gasteiger partial charge in [0.1, 0.15) is 0 Å². The van der Waals surface area contributed by atoms with E-state index in [9.17, 15) is 13.2 Å². The van der Waals surface area contributed by atoms with Crippen LogP contribution in [0.5, 0.6) is 0 Å². The summed E-state index contributed by atoms with van der Waals surface area (Å²) in [6.07, 6.45) is 0. The molecule has 1 aromatic carbocycles. The number of amides is 1. The summed E-state index contributed by atoms with van der Waals surface area (Å²) in [6, 6.07) is 8.53. The molecule has 1 saturated heterocycles. The van der Waals surface area contributed by atoms with E-state index >= 15 is 0 Å². The van der Waals surface area contributed by atoms with Crippen LogP contribution in [0.2, 0.25) is 0 Å². The summed E-state index contributed by atoms with van der Waals surface area (Å²) in [5.74, 6) is -0.562. The van der Waals surface area contributed by atoms with Crippen LogP contribution in [0.15, 0.2) is 24.3 Å². The van der Waals surface area contributed by atoms with Crippen LogP contribution in [-0.2, 0) is 20.6 Å². The molecule has 6 nitrogen and oxygen atoms in total. The molecule has 0 aromatic heterocycles. The van der Waals surface area contributed by atoms with Crippen molar-refractivity contribution < 1.29 is 13.2 Å². The first-order valence-corrected chi connectivity index (χ1v) is 7.36. The zero-order chi connectivity index (χ0) is 13.9. The summed E-state index contributed by atoms with van der Waals surface area (Å²) < 4.78 is 25.6. The molecule has 1 heterocycles. The molecule has 0 atom stereocenters. The summed E-state index contributed by atoms with van der Waals surface area (Å²) in [5.41, 5.74) is 0.795. The number of nitrogens with one attached hydrogen (secondary N) is 1. The summed E-state index contributed by atoms with van der Waals surface area (Å²) in [4.78, 5) is 11.2. The average Bonchev–Trinajstić information content (AvgIpc) is 2.39. The number of carbonyl (C=O) groups excluding carboxylic acids is 1. The molecule has 1 N–H and O–H groups in total. The van der Waals surface area contributed by atoms with Crippen molar-refractivity contribution in [2.75, 3.05) is 19.6 Å². The molecule has 0 unspecified atom stereocenters. The summed E-state index contributed by atoms with van der Waals surface area (Å²) in [7, 11) is -3.58. The van der Waals surface area contributed by atoms with Crippen molar-refractivity contribution in [2.45, 2.75) is 5.75 Å². The molecule has 1 amide bonds. The van der Waals surface area contributed by atoms with Crippen molar-refractivity contribution in [3.05, 3.63) is 35.4 Å². The van der Waals surface area contributed by atoms with Crippen LogP contribution in [0.4, 0.5) is 0 Å². The van der Waals surface area contributed by atoms with Crippen LogP contribution < -0.4 is 5.32 Å². The first-order chi connectivity index (χ1) is 9.03. The lowest BCUT2D eigenvalue weighted by atomic mass is 10.1. The smallest absolute Gasteiger partial charge is 0.235 e. The van der Waals surface area contributed by atoms with E-state index in [1.54, 1.807) is 24.3 Å². The highest BCUT2D eigenvalue weighted by Gasteiger charge is 2.28. The van der Waals surface area contributed by atoms with Gasteiger partial charge in [0.25, 0.3) is 0 Å². The third-order valence-electron chi connectivity index (χ3n) is 2.87. The Hall–Kier alpha value is -1.91. The quantitative estimate of drug-likeness (QED) is 0.831. The second-order valence-electron chi connectivity index (χ2n) is 4.21. The number of hydrogen-bond donors (Lipinski definition) is 1. The van der Waals surface area contributed by atoms with E-state index in [0.29, 0.717) is 17.7 Å². The van der Waals surface area contributed by atoms with Crippen LogP contribution in [0.3, 0.4) is 0 Å². The van der Waals surface area contributed by atoms with Gasteiger partial charge in [-0.25, -0.2) is 8.42 Å². The fourth-order valence-corrected chi connectivity index (χ4v) is 3.41. The highest BCUT2D eigenvalue weighted by Crippen LogP contribution is 2.15. The largest absolute Gasteiger partial charge is 0.354 e. The first-order valence-electron chi connectivity index (χ1n) is 5.75.